The van der Waals surface area contributed by atoms with Gasteiger partial charge in [0.05, 0.1) is 30.3 Å². The molecule has 6 nitrogen and oxygen atoms in total. The lowest BCUT2D eigenvalue weighted by Crippen LogP contribution is -2.29. The Morgan fingerprint density at radius 1 is 1.10 bits per heavy atom. The molecule has 0 unspecified atom stereocenters. The second-order valence-electron chi connectivity index (χ2n) is 7.83. The van der Waals surface area contributed by atoms with Gasteiger partial charge in [-0.1, -0.05) is 6.07 Å². The van der Waals surface area contributed by atoms with E-state index in [2.05, 4.69) is 47.8 Å². The van der Waals surface area contributed by atoms with E-state index in [1.54, 1.807) is 13.3 Å². The fourth-order valence-corrected chi connectivity index (χ4v) is 3.96. The van der Waals surface area contributed by atoms with E-state index in [1.165, 1.54) is 11.1 Å². The van der Waals surface area contributed by atoms with Crippen LogP contribution < -0.4 is 15.4 Å². The maximum Gasteiger partial charge on any atom is 0.259 e. The summed E-state index contributed by atoms with van der Waals surface area (Å²) in [6, 6.07) is 13.7. The zero-order chi connectivity index (χ0) is 21.1. The first-order valence-electron chi connectivity index (χ1n) is 10.4. The average molecular weight is 405 g/mol. The van der Waals surface area contributed by atoms with E-state index < -0.39 is 0 Å². The number of benzene rings is 2. The van der Waals surface area contributed by atoms with Gasteiger partial charge in [-0.15, -0.1) is 0 Å². The summed E-state index contributed by atoms with van der Waals surface area (Å²) < 4.78 is 7.15. The van der Waals surface area contributed by atoms with Crippen molar-refractivity contribution in [1.29, 1.82) is 0 Å². The lowest BCUT2D eigenvalue weighted by atomic mass is 9.91. The number of carbonyl (C=O) groups excluding carboxylic acids is 1. The van der Waals surface area contributed by atoms with Crippen molar-refractivity contribution in [2.45, 2.75) is 32.6 Å². The molecule has 0 radical (unpaired) electrons. The Morgan fingerprint density at radius 2 is 1.83 bits per heavy atom. The van der Waals surface area contributed by atoms with E-state index in [9.17, 15) is 4.79 Å². The number of rotatable bonds is 5. The lowest BCUT2D eigenvalue weighted by Gasteiger charge is -2.25. The Balaban J connectivity index is 1.70. The number of carbonyl (C=O) groups is 1. The fourth-order valence-electron chi connectivity index (χ4n) is 3.96. The summed E-state index contributed by atoms with van der Waals surface area (Å²) in [5.74, 6) is 0.904. The molecule has 1 fully saturated rings. The molecule has 0 bridgehead atoms. The van der Waals surface area contributed by atoms with Gasteiger partial charge in [-0.3, -0.25) is 4.79 Å². The summed E-state index contributed by atoms with van der Waals surface area (Å²) in [7, 11) is 1.63. The second kappa shape index (κ2) is 8.71. The SMILES string of the molecule is COc1ccc(NC(=O)c2cnn(-c3ccc(C)c(C)c3)c2C2CCNCC2)cc1. The first-order valence-corrected chi connectivity index (χ1v) is 10.4. The monoisotopic (exact) mass is 404 g/mol. The van der Waals surface area contributed by atoms with Gasteiger partial charge >= 0.3 is 0 Å². The van der Waals surface area contributed by atoms with E-state index in [1.807, 2.05) is 28.9 Å². The highest BCUT2D eigenvalue weighted by molar-refractivity contribution is 6.05. The quantitative estimate of drug-likeness (QED) is 0.668. The molecule has 1 saturated heterocycles. The highest BCUT2D eigenvalue weighted by Crippen LogP contribution is 2.31. The summed E-state index contributed by atoms with van der Waals surface area (Å²) in [5.41, 5.74) is 5.81. The average Bonchev–Trinajstić information content (AvgIpc) is 3.22. The third-order valence-electron chi connectivity index (χ3n) is 5.86. The molecule has 0 aliphatic carbocycles. The molecule has 3 aromatic rings. The van der Waals surface area contributed by atoms with Crippen LogP contribution >= 0.6 is 0 Å². The van der Waals surface area contributed by atoms with Gasteiger partial charge in [-0.05, 0) is 87.3 Å². The molecule has 1 aliphatic heterocycles. The number of piperidine rings is 1. The molecule has 2 N–H and O–H groups in total. The first-order chi connectivity index (χ1) is 14.6. The maximum atomic E-state index is 13.2. The highest BCUT2D eigenvalue weighted by Gasteiger charge is 2.27. The van der Waals surface area contributed by atoms with Crippen LogP contribution in [0.5, 0.6) is 5.75 Å². The molecule has 30 heavy (non-hydrogen) atoms. The third kappa shape index (κ3) is 4.09. The number of ether oxygens (including phenoxy) is 1. The van der Waals surface area contributed by atoms with Gasteiger partial charge < -0.3 is 15.4 Å². The molecular formula is C24H28N4O2. The van der Waals surface area contributed by atoms with E-state index in [0.29, 0.717) is 5.56 Å². The smallest absolute Gasteiger partial charge is 0.259 e. The van der Waals surface area contributed by atoms with Crippen molar-refractivity contribution in [3.63, 3.8) is 0 Å². The zero-order valence-electron chi connectivity index (χ0n) is 17.7. The van der Waals surface area contributed by atoms with Gasteiger partial charge in [0.25, 0.3) is 5.91 Å². The summed E-state index contributed by atoms with van der Waals surface area (Å²) in [4.78, 5) is 13.2. The van der Waals surface area contributed by atoms with Crippen LogP contribution in [-0.2, 0) is 0 Å². The summed E-state index contributed by atoms with van der Waals surface area (Å²) >= 11 is 0. The molecule has 156 valence electrons. The third-order valence-corrected chi connectivity index (χ3v) is 5.86. The summed E-state index contributed by atoms with van der Waals surface area (Å²) in [5, 5.41) is 11.1. The van der Waals surface area contributed by atoms with Crippen molar-refractivity contribution in [1.82, 2.24) is 15.1 Å². The van der Waals surface area contributed by atoms with Crippen LogP contribution in [0.2, 0.25) is 0 Å². The number of nitrogens with zero attached hydrogens (tertiary/aromatic N) is 2. The lowest BCUT2D eigenvalue weighted by molar-refractivity contribution is 0.102. The highest BCUT2D eigenvalue weighted by atomic mass is 16.5. The topological polar surface area (TPSA) is 68.2 Å². The molecule has 4 rings (SSSR count). The number of amides is 1. The molecule has 1 aromatic heterocycles. The molecule has 2 aromatic carbocycles. The fraction of sp³-hybridized carbons (Fsp3) is 0.333. The van der Waals surface area contributed by atoms with Crippen molar-refractivity contribution < 1.29 is 9.53 Å². The van der Waals surface area contributed by atoms with Crippen LogP contribution in [0.4, 0.5) is 5.69 Å². The largest absolute Gasteiger partial charge is 0.497 e. The Labute approximate surface area is 177 Å². The Hall–Kier alpha value is -3.12. The molecule has 0 spiro atoms. The number of aryl methyl sites for hydroxylation is 2. The Kier molecular flexibility index (Phi) is 5.86. The Morgan fingerprint density at radius 3 is 2.50 bits per heavy atom. The molecule has 0 atom stereocenters. The maximum absolute atomic E-state index is 13.2. The van der Waals surface area contributed by atoms with Crippen molar-refractivity contribution in [2.75, 3.05) is 25.5 Å². The number of hydrogen-bond acceptors (Lipinski definition) is 4. The predicted octanol–water partition coefficient (Wildman–Crippen LogP) is 4.22. The normalized spacial score (nSPS) is 14.5. The van der Waals surface area contributed by atoms with E-state index in [4.69, 9.17) is 4.74 Å². The number of hydrogen-bond donors (Lipinski definition) is 2. The number of nitrogens with one attached hydrogen (secondary N) is 2. The number of methoxy groups -OCH3 is 1. The molecule has 0 saturated carbocycles. The molecular weight excluding hydrogens is 376 g/mol. The van der Waals surface area contributed by atoms with Gasteiger partial charge in [0.2, 0.25) is 0 Å². The number of aromatic nitrogens is 2. The van der Waals surface area contributed by atoms with Crippen molar-refractivity contribution in [3.8, 4) is 11.4 Å². The minimum absolute atomic E-state index is 0.135. The van der Waals surface area contributed by atoms with Crippen molar-refractivity contribution >= 4 is 11.6 Å². The Bertz CT molecular complexity index is 1030. The van der Waals surface area contributed by atoms with E-state index in [-0.39, 0.29) is 11.8 Å². The second-order valence-corrected chi connectivity index (χ2v) is 7.83. The van der Waals surface area contributed by atoms with Gasteiger partial charge in [-0.25, -0.2) is 4.68 Å². The van der Waals surface area contributed by atoms with Crippen LogP contribution in [-0.4, -0.2) is 35.9 Å². The molecule has 2 heterocycles. The van der Waals surface area contributed by atoms with Gasteiger partial charge in [0, 0.05) is 11.6 Å². The van der Waals surface area contributed by atoms with Crippen molar-refractivity contribution in [3.05, 3.63) is 71.0 Å². The predicted molar refractivity (Wildman–Crippen MR) is 119 cm³/mol. The van der Waals surface area contributed by atoms with Crippen LogP contribution in [0, 0.1) is 13.8 Å². The summed E-state index contributed by atoms with van der Waals surface area (Å²) in [6.07, 6.45) is 3.67. The van der Waals surface area contributed by atoms with E-state index >= 15 is 0 Å². The molecule has 1 amide bonds. The van der Waals surface area contributed by atoms with Crippen LogP contribution in [0.1, 0.15) is 45.9 Å². The van der Waals surface area contributed by atoms with Gasteiger partial charge in [-0.2, -0.15) is 5.10 Å². The molecule has 1 aliphatic rings. The molecule has 6 heteroatoms. The van der Waals surface area contributed by atoms with Gasteiger partial charge in [0.1, 0.15) is 5.75 Å². The first kappa shape index (κ1) is 20.2. The minimum Gasteiger partial charge on any atom is -0.497 e. The number of anilines is 1. The standard InChI is InChI=1S/C24H28N4O2/c1-16-4-7-20(14-17(16)2)28-23(18-10-12-25-13-11-18)22(15-26-28)24(29)27-19-5-8-21(30-3)9-6-19/h4-9,14-15,18,25H,10-13H2,1-3H3,(H,27,29). The van der Waals surface area contributed by atoms with E-state index in [0.717, 1.165) is 48.7 Å². The van der Waals surface area contributed by atoms with Gasteiger partial charge in [0.15, 0.2) is 0 Å². The zero-order valence-corrected chi connectivity index (χ0v) is 17.7. The van der Waals surface area contributed by atoms with Crippen LogP contribution in [0.3, 0.4) is 0 Å². The minimum atomic E-state index is -0.135. The van der Waals surface area contributed by atoms with Crippen LogP contribution in [0.25, 0.3) is 5.69 Å². The van der Waals surface area contributed by atoms with Crippen LogP contribution in [0.15, 0.2) is 48.7 Å². The summed E-state index contributed by atoms with van der Waals surface area (Å²) in [6.45, 7) is 6.10. The van der Waals surface area contributed by atoms with Crippen molar-refractivity contribution in [2.24, 2.45) is 0 Å².